The number of amides is 1. The van der Waals surface area contributed by atoms with Crippen molar-refractivity contribution in [3.63, 3.8) is 0 Å². The van der Waals surface area contributed by atoms with Gasteiger partial charge in [-0.15, -0.1) is 0 Å². The summed E-state index contributed by atoms with van der Waals surface area (Å²) in [7, 11) is 1.12. The quantitative estimate of drug-likeness (QED) is 0.496. The third kappa shape index (κ3) is 3.58. The molecule has 0 saturated carbocycles. The van der Waals surface area contributed by atoms with Gasteiger partial charge in [-0.05, 0) is 30.7 Å². The van der Waals surface area contributed by atoms with E-state index in [0.29, 0.717) is 5.56 Å². The average Bonchev–Trinajstić information content (AvgIpc) is 3.32. The second-order valence-corrected chi connectivity index (χ2v) is 6.71. The van der Waals surface area contributed by atoms with Gasteiger partial charge in [-0.3, -0.25) is 4.79 Å². The number of rotatable bonds is 4. The number of furan rings is 1. The first-order chi connectivity index (χ1) is 14.7. The number of hydrogen-bond donors (Lipinski definition) is 1. The number of aromatic nitrogens is 3. The van der Waals surface area contributed by atoms with Crippen LogP contribution in [0.5, 0.6) is 0 Å². The Bertz CT molecular complexity index is 1320. The zero-order valence-corrected chi connectivity index (χ0v) is 16.3. The van der Waals surface area contributed by atoms with Crippen LogP contribution in [-0.4, -0.2) is 33.6 Å². The van der Waals surface area contributed by atoms with Gasteiger partial charge in [0.2, 0.25) is 0 Å². The van der Waals surface area contributed by atoms with E-state index in [9.17, 15) is 22.8 Å². The summed E-state index contributed by atoms with van der Waals surface area (Å²) in [4.78, 5) is 28.6. The summed E-state index contributed by atoms with van der Waals surface area (Å²) in [5.41, 5.74) is -0.679. The van der Waals surface area contributed by atoms with E-state index in [1.807, 2.05) is 0 Å². The zero-order chi connectivity index (χ0) is 22.3. The molecule has 4 aromatic rings. The van der Waals surface area contributed by atoms with Crippen LogP contribution in [0.1, 0.15) is 37.6 Å². The molecular weight excluding hydrogens is 417 g/mol. The molecule has 0 spiro atoms. The lowest BCUT2D eigenvalue weighted by Crippen LogP contribution is -2.24. The van der Waals surface area contributed by atoms with Crippen LogP contribution in [0.4, 0.5) is 13.2 Å². The van der Waals surface area contributed by atoms with Gasteiger partial charge < -0.3 is 14.5 Å². The number of nitrogens with zero attached hydrogens (tertiary/aromatic N) is 3. The van der Waals surface area contributed by atoms with Crippen molar-refractivity contribution >= 4 is 28.5 Å². The Morgan fingerprint density at radius 3 is 2.74 bits per heavy atom. The van der Waals surface area contributed by atoms with Crippen LogP contribution in [0.3, 0.4) is 0 Å². The zero-order valence-electron chi connectivity index (χ0n) is 16.3. The lowest BCUT2D eigenvalue weighted by molar-refractivity contribution is -0.137. The normalized spacial score (nSPS) is 11.8. The summed E-state index contributed by atoms with van der Waals surface area (Å²) >= 11 is 0. The molecule has 1 aromatic carbocycles. The van der Waals surface area contributed by atoms with Crippen LogP contribution in [0.25, 0.3) is 16.6 Å². The molecule has 160 valence electrons. The van der Waals surface area contributed by atoms with Gasteiger partial charge in [-0.2, -0.15) is 18.3 Å². The summed E-state index contributed by atoms with van der Waals surface area (Å²) < 4.78 is 53.0. The lowest BCUT2D eigenvalue weighted by Gasteiger charge is -2.08. The number of ether oxygens (including phenoxy) is 1. The van der Waals surface area contributed by atoms with Crippen molar-refractivity contribution in [3.8, 4) is 0 Å². The van der Waals surface area contributed by atoms with E-state index < -0.39 is 35.9 Å². The minimum Gasteiger partial charge on any atom is -0.465 e. The first kappa shape index (κ1) is 20.4. The van der Waals surface area contributed by atoms with Crippen LogP contribution < -0.4 is 5.32 Å². The molecule has 0 aliphatic rings. The molecule has 0 saturated heterocycles. The minimum atomic E-state index is -4.78. The highest BCUT2D eigenvalue weighted by Crippen LogP contribution is 2.41. The molecule has 4 rings (SSSR count). The number of carbonyl (C=O) groups is 2. The van der Waals surface area contributed by atoms with Gasteiger partial charge in [0, 0.05) is 17.8 Å². The molecule has 1 N–H and O–H groups in total. The fourth-order valence-corrected chi connectivity index (χ4v) is 3.33. The van der Waals surface area contributed by atoms with Crippen LogP contribution in [0.15, 0.2) is 41.2 Å². The summed E-state index contributed by atoms with van der Waals surface area (Å²) in [6, 6.07) is 4.27. The number of hydrogen-bond acceptors (Lipinski definition) is 6. The van der Waals surface area contributed by atoms with Gasteiger partial charge in [0.1, 0.15) is 28.0 Å². The summed E-state index contributed by atoms with van der Waals surface area (Å²) in [5, 5.41) is 6.09. The van der Waals surface area contributed by atoms with Crippen LogP contribution >= 0.6 is 0 Å². The van der Waals surface area contributed by atoms with Crippen molar-refractivity contribution in [2.75, 3.05) is 7.11 Å². The number of aryl methyl sites for hydroxylation is 1. The first-order valence-corrected chi connectivity index (χ1v) is 8.98. The topological polar surface area (TPSA) is 98.7 Å². The number of alkyl halides is 3. The Balaban J connectivity index is 1.74. The number of fused-ring (bicyclic) bond motifs is 2. The minimum absolute atomic E-state index is 0.0939. The molecule has 3 aromatic heterocycles. The molecule has 0 aliphatic heterocycles. The van der Waals surface area contributed by atoms with Gasteiger partial charge in [0.25, 0.3) is 5.91 Å². The fourth-order valence-electron chi connectivity index (χ4n) is 3.33. The van der Waals surface area contributed by atoms with Crippen molar-refractivity contribution in [2.24, 2.45) is 0 Å². The second kappa shape index (κ2) is 7.42. The molecule has 0 radical (unpaired) electrons. The predicted octanol–water partition coefficient (Wildman–Crippen LogP) is 3.52. The van der Waals surface area contributed by atoms with Gasteiger partial charge in [-0.25, -0.2) is 14.3 Å². The number of nitrogens with one attached hydrogen (secondary N) is 1. The molecule has 31 heavy (non-hydrogen) atoms. The van der Waals surface area contributed by atoms with E-state index in [0.717, 1.165) is 7.11 Å². The highest BCUT2D eigenvalue weighted by Gasteiger charge is 2.39. The molecule has 0 atom stereocenters. The second-order valence-electron chi connectivity index (χ2n) is 6.71. The van der Waals surface area contributed by atoms with E-state index in [2.05, 4.69) is 20.1 Å². The summed E-state index contributed by atoms with van der Waals surface area (Å²) in [6.07, 6.45) is -0.472. The van der Waals surface area contributed by atoms with Gasteiger partial charge in [0.05, 0.1) is 19.9 Å². The van der Waals surface area contributed by atoms with Crippen molar-refractivity contribution in [2.45, 2.75) is 19.6 Å². The maximum Gasteiger partial charge on any atom is 0.420 e. The molecule has 0 fully saturated rings. The predicted molar refractivity (Wildman–Crippen MR) is 101 cm³/mol. The maximum atomic E-state index is 13.9. The largest absolute Gasteiger partial charge is 0.465 e. The van der Waals surface area contributed by atoms with E-state index in [1.54, 1.807) is 19.2 Å². The van der Waals surface area contributed by atoms with Crippen LogP contribution in [0, 0.1) is 6.92 Å². The summed E-state index contributed by atoms with van der Waals surface area (Å²) in [6.45, 7) is 0.991. The van der Waals surface area contributed by atoms with E-state index >= 15 is 0 Å². The molecule has 8 nitrogen and oxygen atoms in total. The Kier molecular flexibility index (Phi) is 4.88. The van der Waals surface area contributed by atoms with Crippen LogP contribution in [-0.2, 0) is 17.5 Å². The Morgan fingerprint density at radius 2 is 2.03 bits per heavy atom. The molecule has 0 bridgehead atoms. The molecule has 11 heteroatoms. The lowest BCUT2D eigenvalue weighted by atomic mass is 10.0. The monoisotopic (exact) mass is 432 g/mol. The van der Waals surface area contributed by atoms with E-state index in [4.69, 9.17) is 4.42 Å². The first-order valence-electron chi connectivity index (χ1n) is 8.98. The molecular formula is C20H15F3N4O4. The van der Waals surface area contributed by atoms with Crippen molar-refractivity contribution in [3.05, 3.63) is 64.8 Å². The van der Waals surface area contributed by atoms with Crippen molar-refractivity contribution < 1.29 is 31.9 Å². The van der Waals surface area contributed by atoms with Gasteiger partial charge in [0.15, 0.2) is 5.65 Å². The van der Waals surface area contributed by atoms with Crippen LogP contribution in [0.2, 0.25) is 0 Å². The number of methoxy groups -OCH3 is 1. The maximum absolute atomic E-state index is 13.9. The smallest absolute Gasteiger partial charge is 0.420 e. The molecule has 0 aliphatic carbocycles. The Labute approximate surface area is 172 Å². The highest BCUT2D eigenvalue weighted by molar-refractivity contribution is 6.04. The van der Waals surface area contributed by atoms with Gasteiger partial charge >= 0.3 is 12.1 Å². The highest BCUT2D eigenvalue weighted by atomic mass is 19.4. The third-order valence-electron chi connectivity index (χ3n) is 4.63. The Hall–Kier alpha value is -3.89. The number of benzene rings is 1. The molecule has 0 unspecified atom stereocenters. The van der Waals surface area contributed by atoms with E-state index in [-0.39, 0.29) is 27.7 Å². The summed E-state index contributed by atoms with van der Waals surface area (Å²) in [5.74, 6) is -2.04. The SMILES string of the molecule is COC(=O)c1cc(C)cc2c(C(F)(F)F)c(CNC(=O)c3cnn4cccnc34)oc12. The molecule has 1 amide bonds. The fraction of sp³-hybridized carbons (Fsp3) is 0.200. The number of esters is 1. The average molecular weight is 432 g/mol. The molecule has 3 heterocycles. The van der Waals surface area contributed by atoms with E-state index in [1.165, 1.54) is 29.0 Å². The third-order valence-corrected chi connectivity index (χ3v) is 4.63. The number of carbonyl (C=O) groups excluding carboxylic acids is 2. The Morgan fingerprint density at radius 1 is 1.26 bits per heavy atom. The van der Waals surface area contributed by atoms with Gasteiger partial charge in [-0.1, -0.05) is 0 Å². The van der Waals surface area contributed by atoms with Crippen molar-refractivity contribution in [1.82, 2.24) is 19.9 Å². The number of halogens is 3. The van der Waals surface area contributed by atoms with Crippen molar-refractivity contribution in [1.29, 1.82) is 0 Å². The standard InChI is InChI=1S/C20H15F3N4O4/c1-10-6-11-15(20(21,22)23)14(31-16(11)12(7-10)19(29)30-2)9-25-18(28)13-8-26-27-5-3-4-24-17(13)27/h3-8H,9H2,1-2H3,(H,25,28).